The van der Waals surface area contributed by atoms with Gasteiger partial charge in [0.05, 0.1) is 11.1 Å². The first-order valence-electron chi connectivity index (χ1n) is 4.79. The third-order valence-electron chi connectivity index (χ3n) is 2.80. The number of hydrogen-bond acceptors (Lipinski definition) is 5. The molecule has 0 saturated carbocycles. The molecule has 2 rings (SSSR count). The molecule has 84 valence electrons. The van der Waals surface area contributed by atoms with Crippen molar-refractivity contribution >= 4 is 11.6 Å². The number of phenolic OH excluding ortho intramolecular Hbond substituents is 3. The fourth-order valence-electron chi connectivity index (χ4n) is 1.85. The van der Waals surface area contributed by atoms with Crippen LogP contribution in [0.15, 0.2) is 0 Å². The van der Waals surface area contributed by atoms with Gasteiger partial charge in [0, 0.05) is 18.4 Å². The molecule has 0 atom stereocenters. The maximum atomic E-state index is 11.6. The molecular formula is C11H10O5. The standard InChI is InChI=1S/C11H10O5/c1-4-9(14)7-5(12)2-3-6(13)8(7)11(16)10(4)15/h14-16H,2-3H2,1H3. The summed E-state index contributed by atoms with van der Waals surface area (Å²) in [5.74, 6) is -2.45. The van der Waals surface area contributed by atoms with Gasteiger partial charge in [-0.25, -0.2) is 0 Å². The van der Waals surface area contributed by atoms with Gasteiger partial charge in [-0.2, -0.15) is 0 Å². The topological polar surface area (TPSA) is 94.8 Å². The summed E-state index contributed by atoms with van der Waals surface area (Å²) in [6.45, 7) is 1.36. The maximum absolute atomic E-state index is 11.6. The van der Waals surface area contributed by atoms with Crippen LogP contribution < -0.4 is 0 Å². The van der Waals surface area contributed by atoms with E-state index in [0.29, 0.717) is 0 Å². The quantitative estimate of drug-likeness (QED) is 0.454. The molecule has 0 heterocycles. The van der Waals surface area contributed by atoms with Gasteiger partial charge >= 0.3 is 0 Å². The average molecular weight is 222 g/mol. The van der Waals surface area contributed by atoms with Gasteiger partial charge in [0.25, 0.3) is 0 Å². The molecule has 5 nitrogen and oxygen atoms in total. The van der Waals surface area contributed by atoms with E-state index in [1.807, 2.05) is 0 Å². The van der Waals surface area contributed by atoms with Crippen molar-refractivity contribution in [2.24, 2.45) is 0 Å². The van der Waals surface area contributed by atoms with E-state index in [1.54, 1.807) is 0 Å². The van der Waals surface area contributed by atoms with Crippen molar-refractivity contribution in [2.75, 3.05) is 0 Å². The second-order valence-electron chi connectivity index (χ2n) is 3.77. The molecule has 16 heavy (non-hydrogen) atoms. The highest BCUT2D eigenvalue weighted by Crippen LogP contribution is 2.44. The molecule has 0 saturated heterocycles. The highest BCUT2D eigenvalue weighted by Gasteiger charge is 2.33. The summed E-state index contributed by atoms with van der Waals surface area (Å²) in [6.07, 6.45) is 0.00435. The van der Waals surface area contributed by atoms with E-state index in [1.165, 1.54) is 6.92 Å². The number of rotatable bonds is 0. The molecule has 1 aromatic carbocycles. The fraction of sp³-hybridized carbons (Fsp3) is 0.273. The van der Waals surface area contributed by atoms with Gasteiger partial charge in [-0.05, 0) is 6.92 Å². The number of carbonyl (C=O) groups excluding carboxylic acids is 2. The van der Waals surface area contributed by atoms with E-state index >= 15 is 0 Å². The SMILES string of the molecule is Cc1c(O)c(O)c2c(c1O)C(=O)CCC2=O. The Hall–Kier alpha value is -2.04. The van der Waals surface area contributed by atoms with Crippen LogP contribution in [0, 0.1) is 6.92 Å². The van der Waals surface area contributed by atoms with Gasteiger partial charge in [0.15, 0.2) is 23.1 Å². The summed E-state index contributed by atoms with van der Waals surface area (Å²) >= 11 is 0. The lowest BCUT2D eigenvalue weighted by Gasteiger charge is -2.18. The monoisotopic (exact) mass is 222 g/mol. The molecule has 1 aliphatic rings. The van der Waals surface area contributed by atoms with Gasteiger partial charge in [-0.3, -0.25) is 9.59 Å². The molecule has 0 radical (unpaired) electrons. The predicted molar refractivity (Wildman–Crippen MR) is 54.1 cm³/mol. The lowest BCUT2D eigenvalue weighted by molar-refractivity contribution is 0.0884. The van der Waals surface area contributed by atoms with Crippen LogP contribution in [0.5, 0.6) is 17.2 Å². The van der Waals surface area contributed by atoms with Crippen molar-refractivity contribution in [1.82, 2.24) is 0 Å². The lowest BCUT2D eigenvalue weighted by atomic mass is 9.86. The first-order valence-corrected chi connectivity index (χ1v) is 4.79. The van der Waals surface area contributed by atoms with Crippen LogP contribution in [0.25, 0.3) is 0 Å². The second-order valence-corrected chi connectivity index (χ2v) is 3.77. The molecule has 0 bridgehead atoms. The minimum Gasteiger partial charge on any atom is -0.507 e. The van der Waals surface area contributed by atoms with Crippen LogP contribution in [0.3, 0.4) is 0 Å². The third kappa shape index (κ3) is 1.18. The Kier molecular flexibility index (Phi) is 2.11. The largest absolute Gasteiger partial charge is 0.507 e. The first kappa shape index (κ1) is 10.5. The molecule has 0 spiro atoms. The van der Waals surface area contributed by atoms with Gasteiger partial charge in [-0.1, -0.05) is 0 Å². The Morgan fingerprint density at radius 3 is 1.75 bits per heavy atom. The van der Waals surface area contributed by atoms with Crippen LogP contribution in [-0.2, 0) is 0 Å². The number of benzene rings is 1. The summed E-state index contributed by atoms with van der Waals surface area (Å²) in [4.78, 5) is 23.1. The normalized spacial score (nSPS) is 15.1. The maximum Gasteiger partial charge on any atom is 0.169 e. The van der Waals surface area contributed by atoms with Crippen molar-refractivity contribution < 1.29 is 24.9 Å². The highest BCUT2D eigenvalue weighted by atomic mass is 16.3. The molecule has 0 amide bonds. The number of hydrogen-bond donors (Lipinski definition) is 3. The van der Waals surface area contributed by atoms with Crippen molar-refractivity contribution in [1.29, 1.82) is 0 Å². The van der Waals surface area contributed by atoms with Crippen molar-refractivity contribution in [3.05, 3.63) is 16.7 Å². The van der Waals surface area contributed by atoms with E-state index in [9.17, 15) is 24.9 Å². The summed E-state index contributed by atoms with van der Waals surface area (Å²) in [6, 6.07) is 0. The van der Waals surface area contributed by atoms with Crippen molar-refractivity contribution in [2.45, 2.75) is 19.8 Å². The number of aromatic hydroxyl groups is 3. The summed E-state index contributed by atoms with van der Waals surface area (Å²) in [7, 11) is 0. The Balaban J connectivity index is 2.89. The highest BCUT2D eigenvalue weighted by molar-refractivity contribution is 6.17. The zero-order valence-corrected chi connectivity index (χ0v) is 8.57. The minimum atomic E-state index is -0.622. The number of ketones is 2. The number of phenols is 3. The van der Waals surface area contributed by atoms with Gasteiger partial charge < -0.3 is 15.3 Å². The predicted octanol–water partition coefficient (Wildman–Crippen LogP) is 1.27. The van der Waals surface area contributed by atoms with Gasteiger partial charge in [0.1, 0.15) is 5.75 Å². The fourth-order valence-corrected chi connectivity index (χ4v) is 1.85. The number of Topliss-reactive ketones (excluding diaryl/α,β-unsaturated/α-hetero) is 2. The zero-order chi connectivity index (χ0) is 12.0. The molecule has 1 aromatic rings. The molecule has 0 aliphatic heterocycles. The van der Waals surface area contributed by atoms with E-state index in [2.05, 4.69) is 0 Å². The third-order valence-corrected chi connectivity index (χ3v) is 2.80. The van der Waals surface area contributed by atoms with E-state index in [0.717, 1.165) is 0 Å². The van der Waals surface area contributed by atoms with Crippen molar-refractivity contribution in [3.63, 3.8) is 0 Å². The summed E-state index contributed by atoms with van der Waals surface area (Å²) < 4.78 is 0. The van der Waals surface area contributed by atoms with E-state index < -0.39 is 28.8 Å². The molecule has 3 N–H and O–H groups in total. The zero-order valence-electron chi connectivity index (χ0n) is 8.57. The Bertz CT molecular complexity index is 469. The van der Waals surface area contributed by atoms with Gasteiger partial charge in [0.2, 0.25) is 0 Å². The molecule has 0 unspecified atom stereocenters. The Morgan fingerprint density at radius 2 is 1.25 bits per heavy atom. The Morgan fingerprint density at radius 1 is 0.812 bits per heavy atom. The van der Waals surface area contributed by atoms with Crippen LogP contribution in [0.1, 0.15) is 39.1 Å². The average Bonchev–Trinajstić information content (AvgIpc) is 2.26. The van der Waals surface area contributed by atoms with Crippen molar-refractivity contribution in [3.8, 4) is 17.2 Å². The summed E-state index contributed by atoms with van der Waals surface area (Å²) in [5.41, 5.74) is -0.444. The van der Waals surface area contributed by atoms with Gasteiger partial charge in [-0.15, -0.1) is 0 Å². The minimum absolute atomic E-state index is 0.000648. The molecule has 0 aromatic heterocycles. The molecule has 0 fully saturated rings. The van der Waals surface area contributed by atoms with Crippen LogP contribution >= 0.6 is 0 Å². The van der Waals surface area contributed by atoms with Crippen LogP contribution in [-0.4, -0.2) is 26.9 Å². The lowest BCUT2D eigenvalue weighted by Crippen LogP contribution is -2.17. The van der Waals surface area contributed by atoms with E-state index in [4.69, 9.17) is 0 Å². The smallest absolute Gasteiger partial charge is 0.169 e. The Labute approximate surface area is 91.0 Å². The molecular weight excluding hydrogens is 212 g/mol. The number of carbonyl (C=O) groups is 2. The van der Waals surface area contributed by atoms with Crippen LogP contribution in [0.2, 0.25) is 0 Å². The van der Waals surface area contributed by atoms with Crippen LogP contribution in [0.4, 0.5) is 0 Å². The summed E-state index contributed by atoms with van der Waals surface area (Å²) in [5, 5.41) is 28.8. The molecule has 1 aliphatic carbocycles. The molecule has 5 heteroatoms. The number of fused-ring (bicyclic) bond motifs is 1. The second kappa shape index (κ2) is 3.23. The first-order chi connectivity index (χ1) is 7.45. The van der Waals surface area contributed by atoms with E-state index in [-0.39, 0.29) is 29.5 Å².